The van der Waals surface area contributed by atoms with Crippen molar-refractivity contribution in [2.75, 3.05) is 6.54 Å². The molecule has 1 nitrogen and oxygen atoms in total. The van der Waals surface area contributed by atoms with Gasteiger partial charge in [-0.3, -0.25) is 4.99 Å². The molecule has 0 atom stereocenters. The Balaban J connectivity index is 0. The standard InChI is InChI=1S/C10H17N.C2H6.CH4/c1-7(2)9-5-11-6-10(9)8(3)4;1-2;/h5,7-8H,6H2,1-4H3;1-2H3;1H4. The van der Waals surface area contributed by atoms with Crippen LogP contribution in [0, 0.1) is 11.8 Å². The lowest BCUT2D eigenvalue weighted by Crippen LogP contribution is -2.03. The Bertz CT molecular complexity index is 197. The van der Waals surface area contributed by atoms with E-state index in [9.17, 15) is 0 Å². The van der Waals surface area contributed by atoms with Crippen molar-refractivity contribution in [2.45, 2.75) is 49.0 Å². The number of hydrogen-bond acceptors (Lipinski definition) is 1. The molecule has 1 aliphatic heterocycles. The molecule has 0 aliphatic carbocycles. The zero-order valence-corrected chi connectivity index (χ0v) is 9.89. The Kier molecular flexibility index (Phi) is 8.82. The highest BCUT2D eigenvalue weighted by Gasteiger charge is 2.15. The van der Waals surface area contributed by atoms with E-state index in [0.717, 1.165) is 6.54 Å². The second kappa shape index (κ2) is 7.78. The van der Waals surface area contributed by atoms with E-state index < -0.39 is 0 Å². The van der Waals surface area contributed by atoms with E-state index in [1.54, 1.807) is 0 Å². The van der Waals surface area contributed by atoms with Crippen LogP contribution >= 0.6 is 0 Å². The molecule has 0 saturated carbocycles. The highest BCUT2D eigenvalue weighted by Crippen LogP contribution is 2.23. The van der Waals surface area contributed by atoms with Crippen molar-refractivity contribution in [2.24, 2.45) is 16.8 Å². The Morgan fingerprint density at radius 3 is 1.86 bits per heavy atom. The molecule has 0 saturated heterocycles. The summed E-state index contributed by atoms with van der Waals surface area (Å²) in [6, 6.07) is 0. The monoisotopic (exact) mass is 197 g/mol. The van der Waals surface area contributed by atoms with Crippen LogP contribution in [0.4, 0.5) is 0 Å². The van der Waals surface area contributed by atoms with E-state index in [2.05, 4.69) is 32.7 Å². The van der Waals surface area contributed by atoms with Crippen LogP contribution in [-0.4, -0.2) is 12.8 Å². The topological polar surface area (TPSA) is 12.4 Å². The Morgan fingerprint density at radius 2 is 1.57 bits per heavy atom. The fourth-order valence-corrected chi connectivity index (χ4v) is 1.45. The SMILES string of the molecule is C.CC.CC(C)C1=C(C(C)C)CN=C1. The third kappa shape index (κ3) is 4.08. The summed E-state index contributed by atoms with van der Waals surface area (Å²) in [6.45, 7) is 13.9. The van der Waals surface area contributed by atoms with E-state index in [0.29, 0.717) is 11.8 Å². The van der Waals surface area contributed by atoms with Gasteiger partial charge in [0, 0.05) is 6.21 Å². The molecule has 1 heteroatoms. The molecule has 0 unspecified atom stereocenters. The molecule has 14 heavy (non-hydrogen) atoms. The number of hydrogen-bond donors (Lipinski definition) is 0. The highest BCUT2D eigenvalue weighted by molar-refractivity contribution is 5.83. The van der Waals surface area contributed by atoms with Crippen LogP contribution in [0.5, 0.6) is 0 Å². The predicted molar refractivity (Wildman–Crippen MR) is 68.1 cm³/mol. The van der Waals surface area contributed by atoms with Crippen LogP contribution in [0.3, 0.4) is 0 Å². The van der Waals surface area contributed by atoms with Gasteiger partial charge in [0.05, 0.1) is 6.54 Å². The van der Waals surface area contributed by atoms with E-state index in [4.69, 9.17) is 0 Å². The first-order valence-corrected chi connectivity index (χ1v) is 5.35. The lowest BCUT2D eigenvalue weighted by Gasteiger charge is -2.11. The molecular formula is C13H27N. The maximum Gasteiger partial charge on any atom is 0.0608 e. The smallest absolute Gasteiger partial charge is 0.0608 e. The van der Waals surface area contributed by atoms with Gasteiger partial charge in [0.15, 0.2) is 0 Å². The summed E-state index contributed by atoms with van der Waals surface area (Å²) in [5, 5.41) is 0. The van der Waals surface area contributed by atoms with Crippen molar-refractivity contribution in [1.29, 1.82) is 0 Å². The summed E-state index contributed by atoms with van der Waals surface area (Å²) in [4.78, 5) is 4.29. The minimum atomic E-state index is 0. The van der Waals surface area contributed by atoms with Gasteiger partial charge in [-0.1, -0.05) is 49.0 Å². The predicted octanol–water partition coefficient (Wildman–Crippen LogP) is 4.34. The van der Waals surface area contributed by atoms with Crippen LogP contribution in [0.1, 0.15) is 49.0 Å². The fourth-order valence-electron chi connectivity index (χ4n) is 1.45. The van der Waals surface area contributed by atoms with Gasteiger partial charge in [-0.05, 0) is 23.0 Å². The van der Waals surface area contributed by atoms with Crippen molar-refractivity contribution < 1.29 is 0 Å². The molecule has 0 aromatic carbocycles. The minimum Gasteiger partial charge on any atom is -0.288 e. The number of rotatable bonds is 2. The molecule has 0 aromatic rings. The molecule has 1 heterocycles. The molecule has 0 radical (unpaired) electrons. The zero-order chi connectivity index (χ0) is 10.4. The first kappa shape index (κ1) is 15.9. The fraction of sp³-hybridized carbons (Fsp3) is 0.769. The first-order valence-electron chi connectivity index (χ1n) is 5.35. The highest BCUT2D eigenvalue weighted by atomic mass is 14.7. The van der Waals surface area contributed by atoms with Crippen LogP contribution in [0.25, 0.3) is 0 Å². The van der Waals surface area contributed by atoms with E-state index in [1.807, 2.05) is 20.1 Å². The largest absolute Gasteiger partial charge is 0.288 e. The van der Waals surface area contributed by atoms with Gasteiger partial charge in [0.25, 0.3) is 0 Å². The average Bonchev–Trinajstić information content (AvgIpc) is 2.55. The third-order valence-electron chi connectivity index (χ3n) is 2.18. The lowest BCUT2D eigenvalue weighted by atomic mass is 9.93. The zero-order valence-electron chi connectivity index (χ0n) is 9.89. The molecule has 0 N–H and O–H groups in total. The van der Waals surface area contributed by atoms with Crippen molar-refractivity contribution >= 4 is 6.21 Å². The minimum absolute atomic E-state index is 0. The van der Waals surface area contributed by atoms with Gasteiger partial charge in [-0.15, -0.1) is 0 Å². The van der Waals surface area contributed by atoms with Crippen LogP contribution in [0.15, 0.2) is 16.1 Å². The molecule has 0 amide bonds. The van der Waals surface area contributed by atoms with Gasteiger partial charge in [-0.2, -0.15) is 0 Å². The first-order chi connectivity index (χ1) is 6.13. The summed E-state index contributed by atoms with van der Waals surface area (Å²) in [5.74, 6) is 1.30. The van der Waals surface area contributed by atoms with Gasteiger partial charge < -0.3 is 0 Å². The molecule has 0 aromatic heterocycles. The second-order valence-corrected chi connectivity index (χ2v) is 3.76. The summed E-state index contributed by atoms with van der Waals surface area (Å²) < 4.78 is 0. The lowest BCUT2D eigenvalue weighted by molar-refractivity contribution is 0.712. The molecule has 0 spiro atoms. The molecule has 1 aliphatic rings. The van der Waals surface area contributed by atoms with Gasteiger partial charge in [0.2, 0.25) is 0 Å². The quantitative estimate of drug-likeness (QED) is 0.624. The van der Waals surface area contributed by atoms with E-state index >= 15 is 0 Å². The Labute approximate surface area is 90.3 Å². The average molecular weight is 197 g/mol. The Morgan fingerprint density at radius 1 is 1.07 bits per heavy atom. The maximum atomic E-state index is 4.29. The number of nitrogens with zero attached hydrogens (tertiary/aromatic N) is 1. The normalized spacial score (nSPS) is 14.3. The van der Waals surface area contributed by atoms with Gasteiger partial charge in [0.1, 0.15) is 0 Å². The molecule has 84 valence electrons. The summed E-state index contributed by atoms with van der Waals surface area (Å²) in [7, 11) is 0. The molecule has 1 rings (SSSR count). The summed E-state index contributed by atoms with van der Waals surface area (Å²) in [5.41, 5.74) is 2.99. The van der Waals surface area contributed by atoms with Crippen molar-refractivity contribution in [3.8, 4) is 0 Å². The van der Waals surface area contributed by atoms with Crippen molar-refractivity contribution in [3.63, 3.8) is 0 Å². The maximum absolute atomic E-state index is 4.29. The van der Waals surface area contributed by atoms with Gasteiger partial charge in [-0.25, -0.2) is 0 Å². The summed E-state index contributed by atoms with van der Waals surface area (Å²) in [6.07, 6.45) is 2.04. The number of allylic oxidation sites excluding steroid dienone is 1. The molecular weight excluding hydrogens is 170 g/mol. The van der Waals surface area contributed by atoms with E-state index in [-0.39, 0.29) is 7.43 Å². The van der Waals surface area contributed by atoms with Crippen LogP contribution in [-0.2, 0) is 0 Å². The molecule has 0 fully saturated rings. The van der Waals surface area contributed by atoms with Crippen LogP contribution in [0.2, 0.25) is 0 Å². The third-order valence-corrected chi connectivity index (χ3v) is 2.18. The van der Waals surface area contributed by atoms with Crippen LogP contribution < -0.4 is 0 Å². The van der Waals surface area contributed by atoms with E-state index in [1.165, 1.54) is 11.1 Å². The summed E-state index contributed by atoms with van der Waals surface area (Å²) >= 11 is 0. The van der Waals surface area contributed by atoms with Crippen molar-refractivity contribution in [1.82, 2.24) is 0 Å². The van der Waals surface area contributed by atoms with Gasteiger partial charge >= 0.3 is 0 Å². The van der Waals surface area contributed by atoms with Crippen molar-refractivity contribution in [3.05, 3.63) is 11.1 Å². The number of aliphatic imine (C=N–C) groups is 1. The molecule has 0 bridgehead atoms. The Hall–Kier alpha value is -0.590. The second-order valence-electron chi connectivity index (χ2n) is 3.76.